The van der Waals surface area contributed by atoms with E-state index < -0.39 is 30.1 Å². The van der Waals surface area contributed by atoms with Gasteiger partial charge in [-0.1, -0.05) is 17.7 Å². The quantitative estimate of drug-likeness (QED) is 0.611. The van der Waals surface area contributed by atoms with Gasteiger partial charge >= 0.3 is 5.97 Å². The number of rotatable bonds is 5. The Morgan fingerprint density at radius 3 is 2.42 bits per heavy atom. The summed E-state index contributed by atoms with van der Waals surface area (Å²) in [4.78, 5) is 37.9. The van der Waals surface area contributed by atoms with Gasteiger partial charge in [0.1, 0.15) is 5.82 Å². The Morgan fingerprint density at radius 1 is 1.12 bits per heavy atom. The Morgan fingerprint density at radius 2 is 1.77 bits per heavy atom. The lowest BCUT2D eigenvalue weighted by atomic mass is 10.1. The van der Waals surface area contributed by atoms with Crippen molar-refractivity contribution in [2.45, 2.75) is 13.3 Å². The Balaban J connectivity index is 1.57. The van der Waals surface area contributed by atoms with Crippen molar-refractivity contribution in [1.29, 1.82) is 0 Å². The number of esters is 1. The molecule has 0 aliphatic carbocycles. The van der Waals surface area contributed by atoms with Gasteiger partial charge in [-0.25, -0.2) is 4.39 Å². The van der Waals surface area contributed by atoms with Crippen molar-refractivity contribution < 1.29 is 23.5 Å². The van der Waals surface area contributed by atoms with E-state index in [0.29, 0.717) is 0 Å². The second-order valence-corrected chi connectivity index (χ2v) is 6.28. The number of halogens is 1. The third-order valence-corrected chi connectivity index (χ3v) is 4.32. The molecule has 0 unspecified atom stereocenters. The molecule has 1 aliphatic rings. The lowest BCUT2D eigenvalue weighted by molar-refractivity contribution is -0.147. The molecular weight excluding hydrogens is 337 g/mol. The molecule has 26 heavy (non-hydrogen) atoms. The van der Waals surface area contributed by atoms with Crippen LogP contribution in [0.15, 0.2) is 48.5 Å². The van der Waals surface area contributed by atoms with Gasteiger partial charge in [0.05, 0.1) is 5.92 Å². The third kappa shape index (κ3) is 3.96. The topological polar surface area (TPSA) is 63.7 Å². The van der Waals surface area contributed by atoms with Gasteiger partial charge in [0, 0.05) is 24.2 Å². The van der Waals surface area contributed by atoms with Gasteiger partial charge in [0.15, 0.2) is 12.4 Å². The normalized spacial score (nSPS) is 16.6. The molecule has 0 bridgehead atoms. The Hall–Kier alpha value is -3.02. The summed E-state index contributed by atoms with van der Waals surface area (Å²) in [6.07, 6.45) is 0.0530. The van der Waals surface area contributed by atoms with Crippen LogP contribution in [0.3, 0.4) is 0 Å². The van der Waals surface area contributed by atoms with Crippen LogP contribution in [-0.4, -0.2) is 30.8 Å². The lowest BCUT2D eigenvalue weighted by Gasteiger charge is -2.16. The van der Waals surface area contributed by atoms with E-state index in [9.17, 15) is 18.8 Å². The zero-order valence-electron chi connectivity index (χ0n) is 14.3. The lowest BCUT2D eigenvalue weighted by Crippen LogP contribution is -2.27. The molecule has 0 aromatic heterocycles. The molecule has 2 aromatic rings. The molecule has 134 valence electrons. The Labute approximate surface area is 150 Å². The van der Waals surface area contributed by atoms with Crippen molar-refractivity contribution in [3.05, 3.63) is 65.5 Å². The monoisotopic (exact) mass is 355 g/mol. The molecule has 0 spiro atoms. The molecule has 1 aliphatic heterocycles. The number of nitrogens with zero attached hydrogens (tertiary/aromatic N) is 1. The van der Waals surface area contributed by atoms with E-state index in [4.69, 9.17) is 4.74 Å². The molecule has 0 N–H and O–H groups in total. The molecule has 1 amide bonds. The van der Waals surface area contributed by atoms with Crippen LogP contribution < -0.4 is 4.90 Å². The highest BCUT2D eigenvalue weighted by atomic mass is 19.1. The Bertz CT molecular complexity index is 830. The standard InChI is InChI=1S/C20H18FNO4/c1-13-2-8-17(9-3-13)22-11-15(10-19(22)24)20(25)26-12-18(23)14-4-6-16(21)7-5-14/h2-9,15H,10-12H2,1H3/t15-/m0/s1. The number of benzene rings is 2. The van der Waals surface area contributed by atoms with E-state index in [1.807, 2.05) is 31.2 Å². The van der Waals surface area contributed by atoms with E-state index in [-0.39, 0.29) is 24.4 Å². The molecule has 0 radical (unpaired) electrons. The van der Waals surface area contributed by atoms with Crippen molar-refractivity contribution in [3.63, 3.8) is 0 Å². The molecule has 1 saturated heterocycles. The van der Waals surface area contributed by atoms with Gasteiger partial charge in [-0.15, -0.1) is 0 Å². The van der Waals surface area contributed by atoms with Gasteiger partial charge in [0.2, 0.25) is 5.91 Å². The van der Waals surface area contributed by atoms with Crippen molar-refractivity contribution in [2.75, 3.05) is 18.1 Å². The number of anilines is 1. The van der Waals surface area contributed by atoms with Crippen LogP contribution in [0, 0.1) is 18.7 Å². The molecule has 1 heterocycles. The molecule has 1 fully saturated rings. The van der Waals surface area contributed by atoms with Crippen LogP contribution in [-0.2, 0) is 14.3 Å². The number of carbonyl (C=O) groups is 3. The SMILES string of the molecule is Cc1ccc(N2C[C@@H](C(=O)OCC(=O)c3ccc(F)cc3)CC2=O)cc1. The second kappa shape index (κ2) is 7.47. The Kier molecular flexibility index (Phi) is 5.11. The highest BCUT2D eigenvalue weighted by Gasteiger charge is 2.36. The van der Waals surface area contributed by atoms with E-state index >= 15 is 0 Å². The average molecular weight is 355 g/mol. The van der Waals surface area contributed by atoms with Crippen LogP contribution in [0.4, 0.5) is 10.1 Å². The minimum Gasteiger partial charge on any atom is -0.457 e. The third-order valence-electron chi connectivity index (χ3n) is 4.32. The van der Waals surface area contributed by atoms with Crippen molar-refractivity contribution in [3.8, 4) is 0 Å². The fourth-order valence-corrected chi connectivity index (χ4v) is 2.81. The first kappa shape index (κ1) is 17.8. The fraction of sp³-hybridized carbons (Fsp3) is 0.250. The van der Waals surface area contributed by atoms with Crippen LogP contribution in [0.2, 0.25) is 0 Å². The summed E-state index contributed by atoms with van der Waals surface area (Å²) in [6, 6.07) is 12.5. The van der Waals surface area contributed by atoms with Gasteiger partial charge in [0.25, 0.3) is 0 Å². The maximum atomic E-state index is 12.9. The predicted octanol–water partition coefficient (Wildman–Crippen LogP) is 2.91. The first-order valence-corrected chi connectivity index (χ1v) is 8.26. The number of ketones is 1. The highest BCUT2D eigenvalue weighted by Crippen LogP contribution is 2.26. The molecule has 5 nitrogen and oxygen atoms in total. The largest absolute Gasteiger partial charge is 0.457 e. The van der Waals surface area contributed by atoms with E-state index in [2.05, 4.69) is 0 Å². The van der Waals surface area contributed by atoms with Gasteiger partial charge in [-0.2, -0.15) is 0 Å². The van der Waals surface area contributed by atoms with Crippen molar-refractivity contribution >= 4 is 23.3 Å². The molecule has 3 rings (SSSR count). The van der Waals surface area contributed by atoms with E-state index in [1.54, 1.807) is 4.90 Å². The average Bonchev–Trinajstić information content (AvgIpc) is 3.02. The smallest absolute Gasteiger partial charge is 0.311 e. The summed E-state index contributed by atoms with van der Waals surface area (Å²) >= 11 is 0. The molecular formula is C20H18FNO4. The van der Waals surface area contributed by atoms with Crippen LogP contribution >= 0.6 is 0 Å². The summed E-state index contributed by atoms with van der Waals surface area (Å²) in [5, 5.41) is 0. The summed E-state index contributed by atoms with van der Waals surface area (Å²) in [5.74, 6) is -2.20. The van der Waals surface area contributed by atoms with Crippen LogP contribution in [0.5, 0.6) is 0 Å². The van der Waals surface area contributed by atoms with E-state index in [1.165, 1.54) is 24.3 Å². The minimum absolute atomic E-state index is 0.0530. The van der Waals surface area contributed by atoms with Crippen molar-refractivity contribution in [2.24, 2.45) is 5.92 Å². The molecule has 0 saturated carbocycles. The highest BCUT2D eigenvalue weighted by molar-refractivity contribution is 6.01. The number of hydrogen-bond acceptors (Lipinski definition) is 4. The molecule has 2 aromatic carbocycles. The van der Waals surface area contributed by atoms with Gasteiger partial charge in [-0.05, 0) is 43.3 Å². The van der Waals surface area contributed by atoms with Crippen LogP contribution in [0.1, 0.15) is 22.3 Å². The van der Waals surface area contributed by atoms with Crippen molar-refractivity contribution in [1.82, 2.24) is 0 Å². The zero-order chi connectivity index (χ0) is 18.7. The van der Waals surface area contributed by atoms with Gasteiger partial charge < -0.3 is 9.64 Å². The molecule has 1 atom stereocenters. The minimum atomic E-state index is -0.607. The van der Waals surface area contributed by atoms with E-state index in [0.717, 1.165) is 11.3 Å². The molecule has 6 heteroatoms. The fourth-order valence-electron chi connectivity index (χ4n) is 2.81. The van der Waals surface area contributed by atoms with Crippen LogP contribution in [0.25, 0.3) is 0 Å². The first-order chi connectivity index (χ1) is 12.4. The van der Waals surface area contributed by atoms with Gasteiger partial charge in [-0.3, -0.25) is 14.4 Å². The summed E-state index contributed by atoms with van der Waals surface area (Å²) in [5.41, 5.74) is 2.08. The zero-order valence-corrected chi connectivity index (χ0v) is 14.3. The maximum Gasteiger partial charge on any atom is 0.311 e. The first-order valence-electron chi connectivity index (χ1n) is 8.26. The number of hydrogen-bond donors (Lipinski definition) is 0. The predicted molar refractivity (Wildman–Crippen MR) is 93.3 cm³/mol. The number of ether oxygens (including phenoxy) is 1. The summed E-state index contributed by atoms with van der Waals surface area (Å²) in [7, 11) is 0. The summed E-state index contributed by atoms with van der Waals surface area (Å²) < 4.78 is 17.9. The maximum absolute atomic E-state index is 12.9. The number of Topliss-reactive ketones (excluding diaryl/α,β-unsaturated/α-hetero) is 1. The second-order valence-electron chi connectivity index (χ2n) is 6.28. The number of carbonyl (C=O) groups excluding carboxylic acids is 3. The number of aryl methyl sites for hydroxylation is 1. The summed E-state index contributed by atoms with van der Waals surface area (Å²) in [6.45, 7) is 1.75. The number of amides is 1.